The van der Waals surface area contributed by atoms with Crippen LogP contribution in [0.3, 0.4) is 0 Å². The van der Waals surface area contributed by atoms with Gasteiger partial charge < -0.3 is 19.7 Å². The molecule has 1 N–H and O–H groups in total. The van der Waals surface area contributed by atoms with Crippen molar-refractivity contribution in [1.29, 1.82) is 5.26 Å². The van der Waals surface area contributed by atoms with Gasteiger partial charge in [-0.15, -0.1) is 0 Å². The standard InChI is InChI=1S/C39H48F3N5O/c1-38(2,26-43)32-11-13-33(14-12-32)44-19-5-6-35-25-31-22-29(10-16-36(31)47(35)27-39(40,41)42)8-7-28-17-20-46(21-18-28)37(48)24-30-9-15-34(23-30)45(3)4/h10-14,16,22,25,28,30,34,44H,7-9,15,17-21,23-24,27H2,1-4H3. The lowest BCUT2D eigenvalue weighted by Crippen LogP contribution is -2.39. The van der Waals surface area contributed by atoms with Crippen molar-refractivity contribution in [3.63, 3.8) is 0 Å². The SMILES string of the molecule is CN(C)C1CCC(CC(=O)N2CCC(CCc3ccc4c(c3)cc(C#CCNc3ccc(C(C)(C)C#N)cc3)n4CC(F)(F)F)CC2)C1. The van der Waals surface area contributed by atoms with E-state index in [1.807, 2.05) is 50.2 Å². The number of rotatable bonds is 10. The highest BCUT2D eigenvalue weighted by Gasteiger charge is 2.31. The van der Waals surface area contributed by atoms with Crippen LogP contribution in [-0.4, -0.2) is 66.2 Å². The molecule has 48 heavy (non-hydrogen) atoms. The number of amides is 1. The van der Waals surface area contributed by atoms with Crippen LogP contribution in [0.25, 0.3) is 10.9 Å². The number of aromatic nitrogens is 1. The number of hydrogen-bond acceptors (Lipinski definition) is 4. The van der Waals surface area contributed by atoms with Crippen molar-refractivity contribution < 1.29 is 18.0 Å². The Morgan fingerprint density at radius 3 is 2.38 bits per heavy atom. The summed E-state index contributed by atoms with van der Waals surface area (Å²) in [7, 11) is 4.24. The second-order valence-corrected chi connectivity index (χ2v) is 14.5. The molecule has 2 heterocycles. The Bertz CT molecular complexity index is 1660. The van der Waals surface area contributed by atoms with E-state index in [1.54, 1.807) is 12.1 Å². The molecule has 6 nitrogen and oxygen atoms in total. The molecular formula is C39H48F3N5O. The number of piperidine rings is 1. The van der Waals surface area contributed by atoms with Crippen molar-refractivity contribution in [1.82, 2.24) is 14.4 Å². The van der Waals surface area contributed by atoms with Gasteiger partial charge in [0, 0.05) is 42.1 Å². The van der Waals surface area contributed by atoms with Crippen LogP contribution in [0.5, 0.6) is 0 Å². The maximum absolute atomic E-state index is 13.6. The minimum Gasteiger partial charge on any atom is -0.374 e. The van der Waals surface area contributed by atoms with Crippen LogP contribution in [0.15, 0.2) is 48.5 Å². The molecule has 2 unspecified atom stereocenters. The van der Waals surface area contributed by atoms with E-state index >= 15 is 0 Å². The Labute approximate surface area is 283 Å². The first-order valence-corrected chi connectivity index (χ1v) is 17.2. The van der Waals surface area contributed by atoms with Gasteiger partial charge in [0.05, 0.1) is 23.7 Å². The maximum atomic E-state index is 13.6. The number of halogens is 3. The van der Waals surface area contributed by atoms with Crippen molar-refractivity contribution in [3.8, 4) is 17.9 Å². The largest absolute Gasteiger partial charge is 0.406 e. The van der Waals surface area contributed by atoms with E-state index in [2.05, 4.69) is 47.1 Å². The molecule has 2 atom stereocenters. The molecule has 1 saturated carbocycles. The number of carbonyl (C=O) groups is 1. The van der Waals surface area contributed by atoms with Gasteiger partial charge in [0.1, 0.15) is 6.54 Å². The first kappa shape index (κ1) is 35.4. The number of aryl methyl sites for hydroxylation is 1. The molecule has 1 aliphatic heterocycles. The Balaban J connectivity index is 1.16. The summed E-state index contributed by atoms with van der Waals surface area (Å²) in [6.07, 6.45) is 3.57. The van der Waals surface area contributed by atoms with Crippen LogP contribution in [0.4, 0.5) is 18.9 Å². The van der Waals surface area contributed by atoms with E-state index in [1.165, 1.54) is 11.0 Å². The van der Waals surface area contributed by atoms with Crippen molar-refractivity contribution in [2.45, 2.75) is 89.4 Å². The van der Waals surface area contributed by atoms with Gasteiger partial charge in [0.15, 0.2) is 0 Å². The molecule has 0 bridgehead atoms. The van der Waals surface area contributed by atoms with Gasteiger partial charge in [-0.25, -0.2) is 0 Å². The molecule has 2 aromatic carbocycles. The molecule has 1 aromatic heterocycles. The van der Waals surface area contributed by atoms with Crippen molar-refractivity contribution in [2.24, 2.45) is 11.8 Å². The Morgan fingerprint density at radius 1 is 1.00 bits per heavy atom. The van der Waals surface area contributed by atoms with Gasteiger partial charge in [0.2, 0.25) is 5.91 Å². The highest BCUT2D eigenvalue weighted by atomic mass is 19.4. The summed E-state index contributed by atoms with van der Waals surface area (Å²) in [5.41, 5.74) is 3.10. The van der Waals surface area contributed by atoms with Crippen molar-refractivity contribution >= 4 is 22.5 Å². The monoisotopic (exact) mass is 659 g/mol. The second kappa shape index (κ2) is 15.1. The minimum atomic E-state index is -4.37. The quantitative estimate of drug-likeness (QED) is 0.226. The third-order valence-electron chi connectivity index (χ3n) is 10.3. The third-order valence-corrected chi connectivity index (χ3v) is 10.3. The number of benzene rings is 2. The van der Waals surface area contributed by atoms with Crippen LogP contribution in [0.1, 0.15) is 75.6 Å². The number of fused-ring (bicyclic) bond motifs is 1. The smallest absolute Gasteiger partial charge is 0.374 e. The van der Waals surface area contributed by atoms with Gasteiger partial charge in [-0.2, -0.15) is 18.4 Å². The average molecular weight is 660 g/mol. The van der Waals surface area contributed by atoms with E-state index in [0.29, 0.717) is 41.4 Å². The van der Waals surface area contributed by atoms with Crippen LogP contribution in [-0.2, 0) is 23.2 Å². The van der Waals surface area contributed by atoms with Gasteiger partial charge in [-0.3, -0.25) is 4.79 Å². The molecule has 1 saturated heterocycles. The van der Waals surface area contributed by atoms with Crippen molar-refractivity contribution in [3.05, 3.63) is 65.4 Å². The fourth-order valence-electron chi connectivity index (χ4n) is 7.20. The summed E-state index contributed by atoms with van der Waals surface area (Å²) in [5.74, 6) is 7.28. The van der Waals surface area contributed by atoms with Crippen LogP contribution >= 0.6 is 0 Å². The molecule has 2 fully saturated rings. The number of nitrogens with zero attached hydrogens (tertiary/aromatic N) is 4. The van der Waals surface area contributed by atoms with E-state index in [4.69, 9.17) is 0 Å². The van der Waals surface area contributed by atoms with Gasteiger partial charge >= 0.3 is 6.18 Å². The molecule has 0 spiro atoms. The fourth-order valence-corrected chi connectivity index (χ4v) is 7.20. The highest BCUT2D eigenvalue weighted by molar-refractivity contribution is 5.83. The molecule has 0 radical (unpaired) electrons. The van der Waals surface area contributed by atoms with Crippen LogP contribution < -0.4 is 5.32 Å². The zero-order valence-corrected chi connectivity index (χ0v) is 28.7. The second-order valence-electron chi connectivity index (χ2n) is 14.5. The zero-order valence-electron chi connectivity index (χ0n) is 28.7. The highest BCUT2D eigenvalue weighted by Crippen LogP contribution is 2.32. The molecular weight excluding hydrogens is 611 g/mol. The Hall–Kier alpha value is -3.95. The summed E-state index contributed by atoms with van der Waals surface area (Å²) in [4.78, 5) is 17.3. The first-order chi connectivity index (χ1) is 22.8. The molecule has 1 amide bonds. The molecule has 2 aliphatic rings. The third kappa shape index (κ3) is 9.14. The molecule has 9 heteroatoms. The van der Waals surface area contributed by atoms with E-state index in [9.17, 15) is 23.2 Å². The lowest BCUT2D eigenvalue weighted by Gasteiger charge is -2.33. The predicted octanol–water partition coefficient (Wildman–Crippen LogP) is 7.76. The number of carbonyl (C=O) groups excluding carboxylic acids is 1. The maximum Gasteiger partial charge on any atom is 0.406 e. The number of likely N-dealkylation sites (tertiary alicyclic amines) is 1. The number of nitrogens with one attached hydrogen (secondary N) is 1. The van der Waals surface area contributed by atoms with Crippen LogP contribution in [0.2, 0.25) is 0 Å². The lowest BCUT2D eigenvalue weighted by molar-refractivity contribution is -0.140. The molecule has 3 aromatic rings. The predicted molar refractivity (Wildman–Crippen MR) is 185 cm³/mol. The molecule has 256 valence electrons. The fraction of sp³-hybridized carbons (Fsp3) is 0.538. The summed E-state index contributed by atoms with van der Waals surface area (Å²) in [6.45, 7) is 4.51. The molecule has 1 aliphatic carbocycles. The van der Waals surface area contributed by atoms with Crippen molar-refractivity contribution in [2.75, 3.05) is 39.0 Å². The van der Waals surface area contributed by atoms with E-state index < -0.39 is 18.1 Å². The van der Waals surface area contributed by atoms with E-state index in [0.717, 1.165) is 73.8 Å². The topological polar surface area (TPSA) is 64.3 Å². The molecule has 5 rings (SSSR count). The first-order valence-electron chi connectivity index (χ1n) is 17.2. The minimum absolute atomic E-state index is 0.266. The summed E-state index contributed by atoms with van der Waals surface area (Å²) in [6, 6.07) is 17.9. The zero-order chi connectivity index (χ0) is 34.5. The van der Waals surface area contributed by atoms with Gasteiger partial charge in [-0.1, -0.05) is 24.1 Å². The van der Waals surface area contributed by atoms with Gasteiger partial charge in [-0.05, 0) is 132 Å². The normalized spacial score (nSPS) is 18.9. The summed E-state index contributed by atoms with van der Waals surface area (Å²) in [5, 5.41) is 13.3. The number of nitriles is 1. The average Bonchev–Trinajstić information content (AvgIpc) is 3.66. The van der Waals surface area contributed by atoms with Gasteiger partial charge in [0.25, 0.3) is 0 Å². The van der Waals surface area contributed by atoms with Crippen LogP contribution in [0, 0.1) is 35.0 Å². The Morgan fingerprint density at radius 2 is 1.73 bits per heavy atom. The van der Waals surface area contributed by atoms with E-state index in [-0.39, 0.29) is 6.54 Å². The lowest BCUT2D eigenvalue weighted by atomic mass is 9.86. The summed E-state index contributed by atoms with van der Waals surface area (Å²) >= 11 is 0. The number of hydrogen-bond donors (Lipinski definition) is 1. The number of anilines is 1. The summed E-state index contributed by atoms with van der Waals surface area (Å²) < 4.78 is 42.0. The number of alkyl halides is 3. The Kier molecular flexibility index (Phi) is 11.1.